The summed E-state index contributed by atoms with van der Waals surface area (Å²) < 4.78 is 113. The second kappa shape index (κ2) is 55.8. The predicted octanol–water partition coefficient (Wildman–Crippen LogP) is 12.7. The zero-order chi connectivity index (χ0) is 106. The number of allylic oxidation sites excluding steroid dienone is 12. The van der Waals surface area contributed by atoms with Gasteiger partial charge in [0.25, 0.3) is 23.4 Å². The summed E-state index contributed by atoms with van der Waals surface area (Å²) in [5.41, 5.74) is 2.64. The summed E-state index contributed by atoms with van der Waals surface area (Å²) in [7, 11) is -1.01. The van der Waals surface area contributed by atoms with Gasteiger partial charge < -0.3 is 78.0 Å². The van der Waals surface area contributed by atoms with Gasteiger partial charge in [0.2, 0.25) is 31.6 Å². The molecule has 8 aliphatic heterocycles. The minimum absolute atomic E-state index is 0.00324. The number of ketones is 4. The van der Waals surface area contributed by atoms with Crippen LogP contribution in [0.25, 0.3) is 0 Å². The summed E-state index contributed by atoms with van der Waals surface area (Å²) in [6, 6.07) is -3.47. The smallest absolute Gasteiger partial charge is 0.329 e. The van der Waals surface area contributed by atoms with Crippen molar-refractivity contribution < 1.29 is 123 Å². The summed E-state index contributed by atoms with van der Waals surface area (Å²) in [5.74, 6) is -13.4. The standard InChI is InChI=1S/C55H88N2O14S.C54H84N6O12S/c1-35-16-11-10-12-17-37(3)45(57-26-15-29-72(57,65)66)34-43-22-20-41(7)55(64,71-43)52(61)53(62)56-25-14-13-18-44(56)54(63)70-46(38(4)32-42-21-24-47(69-28-27-58)48(33-42)67-8)23-19-36(2)31-40(6)50(60)51(68-9)49(59)39(5)30-35;1-34-16-11-10-12-17-36(3)45(60-26-15-27-73(60,67)68)32-42-22-20-40(7)54(66,72-42)51(63)52(64)58-25-14-13-18-44(58)53(65)71-46(24-19-35(2)29-39(6)49(62)50(70-9)48(61)38(5)28-34)37(4)30-41-21-23-43(47(31-41)69-8)59-33-55-56-57-59/h10-12,16-17,31,35-36,38-39,41-48,50-51,58,60,64H,13-15,18-30,32-34H2,1-9H3;10-12,16-17,29,33-35,37-38,40-47,49-50,62,66H,13-15,18-28,30-32H2,1-9H3/b12-10+,16-11+,37-17+,40-31+;12-10+,16-11+,36-17+,39-29+/t35-,36+,38-,39-,41-,42+,43+,44+,45-,46+,47-,48-,50-,51+,55-;34-,35+,37-,38-,40-,41+,42+,43+,44+,45?,46+,47-,49-,50+,54-/m11/s1. The molecule has 10 aliphatic rings. The number of amides is 2. The Kier molecular flexibility index (Phi) is 46.1. The van der Waals surface area contributed by atoms with Crippen LogP contribution in [0.2, 0.25) is 0 Å². The van der Waals surface area contributed by atoms with Crippen LogP contribution in [0.1, 0.15) is 283 Å². The van der Waals surface area contributed by atoms with Crippen LogP contribution in [0.5, 0.6) is 0 Å². The predicted molar refractivity (Wildman–Crippen MR) is 547 cm³/mol. The van der Waals surface area contributed by atoms with Gasteiger partial charge in [-0.05, 0) is 276 Å². The number of methoxy groups -OCH3 is 4. The van der Waals surface area contributed by atoms with Crippen LogP contribution in [0.3, 0.4) is 0 Å². The van der Waals surface area contributed by atoms with Gasteiger partial charge in [0.15, 0.2) is 11.6 Å². The van der Waals surface area contributed by atoms with E-state index in [1.54, 1.807) is 52.9 Å². The van der Waals surface area contributed by atoms with Crippen LogP contribution < -0.4 is 0 Å². The average molecular weight is 2070 g/mol. The second-order valence-electron chi connectivity index (χ2n) is 43.9. The number of hydrogen-bond acceptors (Lipinski definition) is 29. The third-order valence-electron chi connectivity index (χ3n) is 32.6. The van der Waals surface area contributed by atoms with E-state index in [2.05, 4.69) is 29.4 Å². The summed E-state index contributed by atoms with van der Waals surface area (Å²) in [6.45, 7) is 27.4. The number of fused-ring (bicyclic) bond motifs is 6. The van der Waals surface area contributed by atoms with Gasteiger partial charge >= 0.3 is 11.9 Å². The zero-order valence-electron chi connectivity index (χ0n) is 89.3. The lowest BCUT2D eigenvalue weighted by Gasteiger charge is -2.43. The fourth-order valence-corrected chi connectivity index (χ4v) is 27.3. The molecule has 145 heavy (non-hydrogen) atoms. The number of aromatic nitrogens is 4. The van der Waals surface area contributed by atoms with Gasteiger partial charge in [0.1, 0.15) is 55.0 Å². The Bertz CT molecular complexity index is 4930. The van der Waals surface area contributed by atoms with Crippen LogP contribution >= 0.6 is 0 Å². The molecule has 1 aromatic rings. The SMILES string of the molecule is CO[C@@H]1C[C@H](C[C@@H](C)[C@@H]2CC[C@H](C)/C=C(\C)[C@@H](O)[C@@H](OC)C(=O)[C@H](C)C[C@H](C)/C=C/C=C/C=C(\C)C(N3CCCS3(=O)=O)C[C@@H]3CC[C@@H](C)[C@@](O)(O3)C(=O)C(=O)N3CCCC[C@H]3C(=O)O2)CC[C@@H]1n1cnnn1.CO[C@@H]1C[C@H](C[C@@H](C)[C@@H]2CC[C@H](C)/C=C(\C)[C@@H](O)[C@@H](OC)C(=O)[C@H](C)C[C@H](C)/C=C/C=C/C=C(\C)[C@H](N3CCCS3(=O)=O)C[C@@H]3CC[C@@H](C)[C@@](O)(O3)C(=O)C(=O)N3CCCC[C@H]3C(=O)O2)CC[C@H]1OCCO. The highest BCUT2D eigenvalue weighted by molar-refractivity contribution is 7.89. The number of hydrogen-bond donors (Lipinski definition) is 5. The molecule has 816 valence electrons. The first kappa shape index (κ1) is 120. The van der Waals surface area contributed by atoms with E-state index in [1.807, 2.05) is 128 Å². The number of piperidine rings is 2. The normalized spacial score (nSPS) is 39.5. The Hall–Kier alpha value is -7.11. The lowest BCUT2D eigenvalue weighted by molar-refractivity contribution is -0.264. The topological polar surface area (TPSA) is 446 Å². The molecule has 1 unspecified atom stereocenters. The van der Waals surface area contributed by atoms with Crippen molar-refractivity contribution in [2.45, 2.75) is 386 Å². The van der Waals surface area contributed by atoms with E-state index in [9.17, 15) is 80.7 Å². The first-order chi connectivity index (χ1) is 68.8. The fourth-order valence-electron chi connectivity index (χ4n) is 23.8. The maximum atomic E-state index is 14.6. The third kappa shape index (κ3) is 31.8. The highest BCUT2D eigenvalue weighted by atomic mass is 32.2. The number of nitrogens with zero attached hydrogens (tertiary/aromatic N) is 8. The van der Waals surface area contributed by atoms with Gasteiger partial charge in [0, 0.05) is 90.4 Å². The van der Waals surface area contributed by atoms with Gasteiger partial charge in [-0.25, -0.2) is 31.1 Å². The number of Topliss-reactive ketones (excluding diaryl/α,β-unsaturated/α-hetero) is 4. The van der Waals surface area contributed by atoms with Crippen LogP contribution in [0.4, 0.5) is 0 Å². The van der Waals surface area contributed by atoms with Gasteiger partial charge in [-0.3, -0.25) is 28.8 Å². The zero-order valence-corrected chi connectivity index (χ0v) is 91.0. The number of ether oxygens (including phenoxy) is 9. The minimum Gasteiger partial charge on any atom is -0.461 e. The number of aliphatic hydroxyl groups is 5. The molecule has 0 radical (unpaired) electrons. The maximum Gasteiger partial charge on any atom is 0.329 e. The average Bonchev–Trinajstić information content (AvgIpc) is 1.30. The van der Waals surface area contributed by atoms with Gasteiger partial charge in [-0.1, -0.05) is 153 Å². The maximum absolute atomic E-state index is 14.6. The molecule has 2 aliphatic carbocycles. The van der Waals surface area contributed by atoms with E-state index >= 15 is 0 Å². The number of esters is 2. The Morgan fingerprint density at radius 2 is 0.883 bits per heavy atom. The van der Waals surface area contributed by atoms with Crippen molar-refractivity contribution in [3.63, 3.8) is 0 Å². The molecule has 30 atom stereocenters. The first-order valence-electron chi connectivity index (χ1n) is 53.6. The molecule has 6 saturated heterocycles. The molecule has 5 N–H and O–H groups in total. The number of cyclic esters (lactones) is 2. The summed E-state index contributed by atoms with van der Waals surface area (Å²) in [5, 5.41) is 68.7. The molecule has 4 bridgehead atoms. The van der Waals surface area contributed by atoms with Crippen LogP contribution in [0.15, 0.2) is 102 Å². The van der Waals surface area contributed by atoms with Crippen LogP contribution in [0, 0.1) is 71.0 Å². The molecule has 0 spiro atoms. The number of carbonyl (C=O) groups is 8. The van der Waals surface area contributed by atoms with E-state index in [4.69, 9.17) is 42.6 Å². The van der Waals surface area contributed by atoms with E-state index in [-0.39, 0.29) is 147 Å². The van der Waals surface area contributed by atoms with E-state index in [1.165, 1.54) is 32.6 Å². The number of carbonyl (C=O) groups excluding carboxylic acids is 8. The van der Waals surface area contributed by atoms with Crippen molar-refractivity contribution in [3.05, 3.63) is 102 Å². The first-order valence-corrected chi connectivity index (χ1v) is 56.9. The Labute approximate surface area is 861 Å². The van der Waals surface area contributed by atoms with Crippen molar-refractivity contribution in [2.75, 3.05) is 79.3 Å². The van der Waals surface area contributed by atoms with Gasteiger partial charge in [-0.2, -0.15) is 8.61 Å². The number of tetrazole rings is 1. The molecule has 1 aromatic heterocycles. The molecule has 9 heterocycles. The molecular weight excluding hydrogens is 1900 g/mol. The third-order valence-corrected chi connectivity index (χ3v) is 36.5. The Balaban J connectivity index is 0.000000297. The molecule has 8 fully saturated rings. The molecular formula is C109H172N8O26S2. The number of aliphatic hydroxyl groups excluding tert-OH is 3. The van der Waals surface area contributed by atoms with Crippen molar-refractivity contribution in [1.82, 2.24) is 38.6 Å². The second-order valence-corrected chi connectivity index (χ2v) is 48.0. The number of rotatable bonds is 16. The monoisotopic (exact) mass is 2070 g/mol. The van der Waals surface area contributed by atoms with Crippen LogP contribution in [-0.2, 0) is 101 Å². The van der Waals surface area contributed by atoms with Crippen molar-refractivity contribution in [1.29, 1.82) is 0 Å². The molecule has 34 nitrogen and oxygen atoms in total. The summed E-state index contributed by atoms with van der Waals surface area (Å²) >= 11 is 0. The molecule has 36 heteroatoms. The largest absolute Gasteiger partial charge is 0.461 e. The summed E-state index contributed by atoms with van der Waals surface area (Å²) in [6.07, 6.45) is 31.3. The number of sulfonamides is 2. The van der Waals surface area contributed by atoms with Gasteiger partial charge in [0.05, 0.1) is 61.3 Å². The van der Waals surface area contributed by atoms with E-state index < -0.39 is 164 Å². The van der Waals surface area contributed by atoms with Crippen molar-refractivity contribution in [2.24, 2.45) is 71.0 Å². The lowest BCUT2D eigenvalue weighted by atomic mass is 9.77. The van der Waals surface area contributed by atoms with E-state index in [0.717, 1.165) is 56.1 Å². The highest BCUT2D eigenvalue weighted by Crippen LogP contribution is 2.45. The van der Waals surface area contributed by atoms with Crippen molar-refractivity contribution in [3.8, 4) is 0 Å². The van der Waals surface area contributed by atoms with Crippen LogP contribution in [-0.4, -0.2) is 310 Å². The molecule has 11 rings (SSSR count). The van der Waals surface area contributed by atoms with Gasteiger partial charge in [-0.15, -0.1) is 5.10 Å². The van der Waals surface area contributed by atoms with E-state index in [0.29, 0.717) is 133 Å². The quantitative estimate of drug-likeness (QED) is 0.0583. The molecule has 2 amide bonds. The van der Waals surface area contributed by atoms with Crippen molar-refractivity contribution >= 4 is 66.9 Å². The fraction of sp³-hybridized carbons (Fsp3) is 0.771. The summed E-state index contributed by atoms with van der Waals surface area (Å²) in [4.78, 5) is 117. The minimum atomic E-state index is -3.60. The lowest BCUT2D eigenvalue weighted by Crippen LogP contribution is -2.61. The Morgan fingerprint density at radius 3 is 1.28 bits per heavy atom. The molecule has 2 saturated carbocycles. The molecule has 0 aromatic carbocycles. The highest BCUT2D eigenvalue weighted by Gasteiger charge is 2.57. The Morgan fingerprint density at radius 1 is 0.455 bits per heavy atom.